The lowest BCUT2D eigenvalue weighted by molar-refractivity contribution is 0.594. The molecule has 1 fully saturated rings. The van der Waals surface area contributed by atoms with Gasteiger partial charge in [0.05, 0.1) is 10.6 Å². The summed E-state index contributed by atoms with van der Waals surface area (Å²) < 4.78 is 24.0. The average molecular weight is 328 g/mol. The van der Waals surface area contributed by atoms with Crippen LogP contribution in [0.3, 0.4) is 0 Å². The van der Waals surface area contributed by atoms with Crippen LogP contribution in [0.5, 0.6) is 0 Å². The van der Waals surface area contributed by atoms with Crippen LogP contribution >= 0.6 is 11.8 Å². The Bertz CT molecular complexity index is 540. The van der Waals surface area contributed by atoms with E-state index in [0.717, 1.165) is 10.9 Å². The number of hydrogen-bond donors (Lipinski definition) is 1. The van der Waals surface area contributed by atoms with Gasteiger partial charge in [0, 0.05) is 17.0 Å². The summed E-state index contributed by atoms with van der Waals surface area (Å²) in [5, 5.41) is 4.31. The number of thioether (sulfide) groups is 1. The topological polar surface area (TPSA) is 46.2 Å². The number of sulfone groups is 1. The summed E-state index contributed by atoms with van der Waals surface area (Å²) in [6.45, 7) is 4.10. The van der Waals surface area contributed by atoms with E-state index in [4.69, 9.17) is 0 Å². The van der Waals surface area contributed by atoms with Crippen LogP contribution in [0.25, 0.3) is 0 Å². The van der Waals surface area contributed by atoms with Gasteiger partial charge in [0.25, 0.3) is 0 Å². The normalized spacial score (nSPS) is 22.4. The number of rotatable bonds is 7. The van der Waals surface area contributed by atoms with Crippen molar-refractivity contribution in [3.63, 3.8) is 0 Å². The van der Waals surface area contributed by atoms with Gasteiger partial charge < -0.3 is 5.32 Å². The molecule has 0 aliphatic heterocycles. The molecule has 118 valence electrons. The Labute approximate surface area is 132 Å². The van der Waals surface area contributed by atoms with Gasteiger partial charge in [0.15, 0.2) is 9.84 Å². The third kappa shape index (κ3) is 4.65. The van der Waals surface area contributed by atoms with Crippen LogP contribution in [-0.2, 0) is 9.84 Å². The van der Waals surface area contributed by atoms with E-state index in [9.17, 15) is 8.42 Å². The Hall–Kier alpha value is -0.680. The lowest BCUT2D eigenvalue weighted by Crippen LogP contribution is -2.16. The Kier molecular flexibility index (Phi) is 5.99. The van der Waals surface area contributed by atoms with Crippen molar-refractivity contribution in [2.75, 3.05) is 16.8 Å². The molecule has 1 aliphatic carbocycles. The molecule has 1 aliphatic rings. The largest absolute Gasteiger partial charge is 0.382 e. The van der Waals surface area contributed by atoms with E-state index in [0.29, 0.717) is 17.4 Å². The minimum absolute atomic E-state index is 0.221. The van der Waals surface area contributed by atoms with Gasteiger partial charge in [-0.15, -0.1) is 0 Å². The van der Waals surface area contributed by atoms with Crippen molar-refractivity contribution in [1.29, 1.82) is 0 Å². The first-order valence-electron chi connectivity index (χ1n) is 7.76. The standard InChI is InChI=1S/C16H25NO2S2/c1-3-11-21(18,19)16-9-6-13(7-10-16)17-14-5-8-15(12-14)20-4-2/h6-7,9-10,14-15,17H,3-5,8,11-12H2,1-2H3. The van der Waals surface area contributed by atoms with Gasteiger partial charge in [0.1, 0.15) is 0 Å². The highest BCUT2D eigenvalue weighted by Gasteiger charge is 2.24. The molecule has 2 rings (SSSR count). The summed E-state index contributed by atoms with van der Waals surface area (Å²) in [4.78, 5) is 0.431. The number of hydrogen-bond acceptors (Lipinski definition) is 4. The van der Waals surface area contributed by atoms with Crippen molar-refractivity contribution < 1.29 is 8.42 Å². The van der Waals surface area contributed by atoms with Crippen LogP contribution in [-0.4, -0.2) is 31.2 Å². The van der Waals surface area contributed by atoms with Crippen LogP contribution in [0.15, 0.2) is 29.2 Å². The summed E-state index contributed by atoms with van der Waals surface area (Å²) in [6.07, 6.45) is 4.34. The third-order valence-electron chi connectivity index (χ3n) is 3.84. The molecule has 3 nitrogen and oxygen atoms in total. The zero-order valence-corrected chi connectivity index (χ0v) is 14.5. The van der Waals surface area contributed by atoms with Crippen LogP contribution in [0, 0.1) is 0 Å². The first kappa shape index (κ1) is 16.7. The van der Waals surface area contributed by atoms with Crippen LogP contribution in [0.1, 0.15) is 39.5 Å². The smallest absolute Gasteiger partial charge is 0.178 e. The molecule has 1 saturated carbocycles. The molecule has 21 heavy (non-hydrogen) atoms. The monoisotopic (exact) mass is 327 g/mol. The van der Waals surface area contributed by atoms with E-state index in [2.05, 4.69) is 12.2 Å². The highest BCUT2D eigenvalue weighted by Crippen LogP contribution is 2.31. The molecule has 5 heteroatoms. The van der Waals surface area contributed by atoms with Crippen LogP contribution in [0.2, 0.25) is 0 Å². The predicted octanol–water partition coefficient (Wildman–Crippen LogP) is 3.96. The van der Waals surface area contributed by atoms with Gasteiger partial charge in [-0.2, -0.15) is 11.8 Å². The molecule has 0 bridgehead atoms. The fraction of sp³-hybridized carbons (Fsp3) is 0.625. The van der Waals surface area contributed by atoms with Crippen molar-refractivity contribution in [2.24, 2.45) is 0 Å². The minimum Gasteiger partial charge on any atom is -0.382 e. The van der Waals surface area contributed by atoms with Gasteiger partial charge in [-0.1, -0.05) is 13.8 Å². The summed E-state index contributed by atoms with van der Waals surface area (Å²) in [6, 6.07) is 7.75. The molecule has 0 amide bonds. The molecule has 1 N–H and O–H groups in total. The van der Waals surface area contributed by atoms with E-state index in [-0.39, 0.29) is 5.75 Å². The Morgan fingerprint density at radius 1 is 1.19 bits per heavy atom. The fourth-order valence-electron chi connectivity index (χ4n) is 2.84. The van der Waals surface area contributed by atoms with E-state index in [1.165, 1.54) is 25.0 Å². The fourth-order valence-corrected chi connectivity index (χ4v) is 5.31. The Morgan fingerprint density at radius 2 is 1.90 bits per heavy atom. The SMILES string of the molecule is CCCS(=O)(=O)c1ccc(NC2CCC(SCC)C2)cc1. The molecule has 0 spiro atoms. The highest BCUT2D eigenvalue weighted by atomic mass is 32.2. The first-order chi connectivity index (χ1) is 10.0. The molecule has 0 saturated heterocycles. The molecule has 0 heterocycles. The van der Waals surface area contributed by atoms with Gasteiger partial charge in [0.2, 0.25) is 0 Å². The summed E-state index contributed by atoms with van der Waals surface area (Å²) in [5.41, 5.74) is 1.03. The highest BCUT2D eigenvalue weighted by molar-refractivity contribution is 7.99. The maximum absolute atomic E-state index is 12.0. The minimum atomic E-state index is -3.10. The van der Waals surface area contributed by atoms with Crippen LogP contribution < -0.4 is 5.32 Å². The van der Waals surface area contributed by atoms with Crippen molar-refractivity contribution in [1.82, 2.24) is 0 Å². The molecule has 0 aromatic heterocycles. The molecule has 1 aromatic carbocycles. The van der Waals surface area contributed by atoms with E-state index in [1.54, 1.807) is 12.1 Å². The second kappa shape index (κ2) is 7.54. The second-order valence-corrected chi connectivity index (χ2v) is 9.26. The van der Waals surface area contributed by atoms with Crippen molar-refractivity contribution >= 4 is 27.3 Å². The van der Waals surface area contributed by atoms with E-state index in [1.807, 2.05) is 30.8 Å². The number of nitrogens with one attached hydrogen (secondary N) is 1. The van der Waals surface area contributed by atoms with E-state index >= 15 is 0 Å². The Morgan fingerprint density at radius 3 is 2.52 bits per heavy atom. The summed E-state index contributed by atoms with van der Waals surface area (Å²) in [7, 11) is -3.10. The van der Waals surface area contributed by atoms with Crippen molar-refractivity contribution in [3.05, 3.63) is 24.3 Å². The molecule has 2 atom stereocenters. The maximum Gasteiger partial charge on any atom is 0.178 e. The number of benzene rings is 1. The number of anilines is 1. The Balaban J connectivity index is 1.94. The quantitative estimate of drug-likeness (QED) is 0.823. The summed E-state index contributed by atoms with van der Waals surface area (Å²) >= 11 is 2.05. The van der Waals surface area contributed by atoms with Crippen LogP contribution in [0.4, 0.5) is 5.69 Å². The zero-order chi connectivity index (χ0) is 15.3. The van der Waals surface area contributed by atoms with Crippen molar-refractivity contribution in [2.45, 2.75) is 55.7 Å². The first-order valence-corrected chi connectivity index (χ1v) is 10.5. The van der Waals surface area contributed by atoms with E-state index < -0.39 is 9.84 Å². The summed E-state index contributed by atoms with van der Waals surface area (Å²) in [5.74, 6) is 1.40. The van der Waals surface area contributed by atoms with Gasteiger partial charge in [-0.25, -0.2) is 8.42 Å². The van der Waals surface area contributed by atoms with Gasteiger partial charge >= 0.3 is 0 Å². The molecular formula is C16H25NO2S2. The predicted molar refractivity (Wildman–Crippen MR) is 92.0 cm³/mol. The maximum atomic E-state index is 12.0. The van der Waals surface area contributed by atoms with Crippen molar-refractivity contribution in [3.8, 4) is 0 Å². The second-order valence-electron chi connectivity index (χ2n) is 5.57. The lowest BCUT2D eigenvalue weighted by atomic mass is 10.2. The zero-order valence-electron chi connectivity index (χ0n) is 12.8. The molecule has 2 unspecified atom stereocenters. The molecule has 0 radical (unpaired) electrons. The molecular weight excluding hydrogens is 302 g/mol. The third-order valence-corrected chi connectivity index (χ3v) is 7.01. The van der Waals surface area contributed by atoms with Gasteiger partial charge in [-0.05, 0) is 55.7 Å². The molecule has 1 aromatic rings. The average Bonchev–Trinajstić information content (AvgIpc) is 2.87. The lowest BCUT2D eigenvalue weighted by Gasteiger charge is -2.15. The van der Waals surface area contributed by atoms with Gasteiger partial charge in [-0.3, -0.25) is 0 Å².